The molecule has 2 aromatic carbocycles. The topological polar surface area (TPSA) is 81.7 Å². The van der Waals surface area contributed by atoms with Gasteiger partial charge in [-0.15, -0.1) is 0 Å². The molecule has 3 N–H and O–H groups in total. The van der Waals surface area contributed by atoms with Crippen LogP contribution in [0.1, 0.15) is 54.9 Å². The summed E-state index contributed by atoms with van der Waals surface area (Å²) >= 11 is 0. The minimum atomic E-state index is -4.56. The van der Waals surface area contributed by atoms with Gasteiger partial charge < -0.3 is 10.5 Å². The zero-order valence-corrected chi connectivity index (χ0v) is 19.8. The molecule has 1 heterocycles. The van der Waals surface area contributed by atoms with Crippen LogP contribution in [-0.4, -0.2) is 23.0 Å². The molecule has 4 rings (SSSR count). The smallest absolute Gasteiger partial charge is 0.393 e. The highest BCUT2D eigenvalue weighted by molar-refractivity contribution is 6.35. The molecular formula is C26H28F3N3O3. The van der Waals surface area contributed by atoms with Crippen LogP contribution in [0.25, 0.3) is 5.57 Å². The van der Waals surface area contributed by atoms with Crippen LogP contribution in [0.5, 0.6) is 0 Å². The number of aliphatic hydroxyl groups excluding tert-OH is 1. The van der Waals surface area contributed by atoms with Gasteiger partial charge >= 0.3 is 6.18 Å². The van der Waals surface area contributed by atoms with Gasteiger partial charge in [-0.2, -0.15) is 13.2 Å². The predicted octanol–water partition coefficient (Wildman–Crippen LogP) is 4.90. The number of hydrazine groups is 1. The Bertz CT molecular complexity index is 1180. The van der Waals surface area contributed by atoms with Crippen molar-refractivity contribution in [3.63, 3.8) is 0 Å². The van der Waals surface area contributed by atoms with Crippen LogP contribution in [0, 0.1) is 19.8 Å². The fourth-order valence-corrected chi connectivity index (χ4v) is 4.80. The maximum atomic E-state index is 13.6. The number of allylic oxidation sites excluding steroid dienone is 1. The lowest BCUT2D eigenvalue weighted by Gasteiger charge is -2.25. The first kappa shape index (κ1) is 24.8. The molecule has 0 aromatic heterocycles. The summed E-state index contributed by atoms with van der Waals surface area (Å²) in [6, 6.07) is 8.65. The Morgan fingerprint density at radius 2 is 1.63 bits per heavy atom. The molecule has 186 valence electrons. The van der Waals surface area contributed by atoms with E-state index in [0.29, 0.717) is 42.6 Å². The van der Waals surface area contributed by atoms with Crippen LogP contribution in [0.4, 0.5) is 24.5 Å². The van der Waals surface area contributed by atoms with E-state index in [9.17, 15) is 27.9 Å². The molecule has 1 fully saturated rings. The summed E-state index contributed by atoms with van der Waals surface area (Å²) in [5.41, 5.74) is 7.79. The Morgan fingerprint density at radius 1 is 1.00 bits per heavy atom. The molecule has 2 aliphatic rings. The molecule has 6 nitrogen and oxygen atoms in total. The van der Waals surface area contributed by atoms with Crippen molar-refractivity contribution in [3.8, 4) is 0 Å². The Labute approximate surface area is 201 Å². The van der Waals surface area contributed by atoms with Crippen LogP contribution >= 0.6 is 0 Å². The number of hydrogen-bond acceptors (Lipinski definition) is 4. The standard InChI is InChI=1S/C26H28F3N3O3/c1-14-10-15(2)12-19(11-14)32-22-13-18(26(27,28)29)6-9-21(22)23(25(32)35)16(3)30-31-24(34)17-4-7-20(33)8-5-17/h6,9-13,17,20,30,33H,4-5,7-8H2,1-3H3,(H,31,34)/b23-16-. The number of rotatable bonds is 4. The van der Waals surface area contributed by atoms with Gasteiger partial charge in [-0.05, 0) is 81.8 Å². The molecule has 1 aliphatic heterocycles. The maximum Gasteiger partial charge on any atom is 0.416 e. The van der Waals surface area contributed by atoms with Crippen LogP contribution in [0.15, 0.2) is 42.1 Å². The van der Waals surface area contributed by atoms with Gasteiger partial charge in [-0.3, -0.25) is 19.9 Å². The van der Waals surface area contributed by atoms with Gasteiger partial charge in [0.15, 0.2) is 0 Å². The van der Waals surface area contributed by atoms with Crippen molar-refractivity contribution in [3.05, 3.63) is 64.3 Å². The average Bonchev–Trinajstić information content (AvgIpc) is 3.07. The van der Waals surface area contributed by atoms with E-state index in [-0.39, 0.29) is 29.2 Å². The fourth-order valence-electron chi connectivity index (χ4n) is 4.80. The Balaban J connectivity index is 1.69. The number of carbonyl (C=O) groups is 2. The van der Waals surface area contributed by atoms with Crippen molar-refractivity contribution in [1.82, 2.24) is 10.9 Å². The second-order valence-electron chi connectivity index (χ2n) is 9.34. The third kappa shape index (κ3) is 5.05. The average molecular weight is 488 g/mol. The number of nitrogens with zero attached hydrogens (tertiary/aromatic N) is 1. The number of anilines is 2. The summed E-state index contributed by atoms with van der Waals surface area (Å²) in [7, 11) is 0. The van der Waals surface area contributed by atoms with Gasteiger partial charge in [0.2, 0.25) is 5.91 Å². The van der Waals surface area contributed by atoms with E-state index in [1.54, 1.807) is 19.1 Å². The molecular weight excluding hydrogens is 459 g/mol. The number of amides is 2. The van der Waals surface area contributed by atoms with Crippen LogP contribution in [0.3, 0.4) is 0 Å². The highest BCUT2D eigenvalue weighted by Gasteiger charge is 2.39. The monoisotopic (exact) mass is 487 g/mol. The Morgan fingerprint density at radius 3 is 2.23 bits per heavy atom. The summed E-state index contributed by atoms with van der Waals surface area (Å²) in [6.45, 7) is 5.31. The van der Waals surface area contributed by atoms with Gasteiger partial charge in [-0.25, -0.2) is 0 Å². The lowest BCUT2D eigenvalue weighted by molar-refractivity contribution is -0.137. The molecule has 2 amide bonds. The number of halogens is 3. The summed E-state index contributed by atoms with van der Waals surface area (Å²) in [5.74, 6) is -0.984. The molecule has 0 spiro atoms. The summed E-state index contributed by atoms with van der Waals surface area (Å²) < 4.78 is 40.5. The van der Waals surface area contributed by atoms with Gasteiger partial charge in [0.1, 0.15) is 0 Å². The first-order chi connectivity index (χ1) is 16.5. The lowest BCUT2D eigenvalue weighted by atomic mass is 9.87. The number of aryl methyl sites for hydroxylation is 2. The second kappa shape index (κ2) is 9.37. The number of fused-ring (bicyclic) bond motifs is 1. The van der Waals surface area contributed by atoms with E-state index < -0.39 is 17.6 Å². The molecule has 2 aromatic rings. The largest absolute Gasteiger partial charge is 0.416 e. The number of benzene rings is 2. The summed E-state index contributed by atoms with van der Waals surface area (Å²) in [5, 5.41) is 9.65. The SMILES string of the molecule is C/C(NNC(=O)C1CCC(O)CC1)=C1/C(=O)N(c2cc(C)cc(C)c2)c2cc(C(F)(F)F)ccc21. The lowest BCUT2D eigenvalue weighted by Crippen LogP contribution is -2.42. The quantitative estimate of drug-likeness (QED) is 0.423. The van der Waals surface area contributed by atoms with E-state index in [2.05, 4.69) is 10.9 Å². The van der Waals surface area contributed by atoms with Gasteiger partial charge in [0.05, 0.1) is 22.9 Å². The predicted molar refractivity (Wildman–Crippen MR) is 126 cm³/mol. The molecule has 1 saturated carbocycles. The zero-order chi connectivity index (χ0) is 25.5. The van der Waals surface area contributed by atoms with Crippen molar-refractivity contribution < 1.29 is 27.9 Å². The van der Waals surface area contributed by atoms with E-state index in [1.807, 2.05) is 19.9 Å². The molecule has 9 heteroatoms. The second-order valence-corrected chi connectivity index (χ2v) is 9.34. The minimum absolute atomic E-state index is 0.138. The van der Waals surface area contributed by atoms with E-state index >= 15 is 0 Å². The van der Waals surface area contributed by atoms with Crippen LogP contribution < -0.4 is 15.8 Å². The molecule has 0 bridgehead atoms. The summed E-state index contributed by atoms with van der Waals surface area (Å²) in [6.07, 6.45) is -2.72. The number of nitrogens with one attached hydrogen (secondary N) is 2. The fraction of sp³-hybridized carbons (Fsp3) is 0.385. The van der Waals surface area contributed by atoms with Crippen molar-refractivity contribution in [2.75, 3.05) is 4.90 Å². The Kier molecular flexibility index (Phi) is 6.64. The highest BCUT2D eigenvalue weighted by Crippen LogP contribution is 2.45. The van der Waals surface area contributed by atoms with E-state index in [1.165, 1.54) is 11.0 Å². The van der Waals surface area contributed by atoms with Crippen molar-refractivity contribution in [2.24, 2.45) is 5.92 Å². The van der Waals surface area contributed by atoms with E-state index in [0.717, 1.165) is 23.3 Å². The van der Waals surface area contributed by atoms with Crippen molar-refractivity contribution in [1.29, 1.82) is 0 Å². The van der Waals surface area contributed by atoms with Crippen molar-refractivity contribution >= 4 is 28.8 Å². The highest BCUT2D eigenvalue weighted by atomic mass is 19.4. The minimum Gasteiger partial charge on any atom is -0.393 e. The normalized spacial score (nSPS) is 21.6. The third-order valence-corrected chi connectivity index (χ3v) is 6.53. The van der Waals surface area contributed by atoms with Crippen LogP contribution in [-0.2, 0) is 15.8 Å². The van der Waals surface area contributed by atoms with Crippen molar-refractivity contribution in [2.45, 2.75) is 58.7 Å². The molecule has 1 aliphatic carbocycles. The first-order valence-electron chi connectivity index (χ1n) is 11.5. The maximum absolute atomic E-state index is 13.6. The Hall–Kier alpha value is -3.33. The first-order valence-corrected chi connectivity index (χ1v) is 11.5. The number of aliphatic hydroxyl groups is 1. The summed E-state index contributed by atoms with van der Waals surface area (Å²) in [4.78, 5) is 27.4. The molecule has 0 unspecified atom stereocenters. The molecule has 35 heavy (non-hydrogen) atoms. The van der Waals surface area contributed by atoms with Crippen LogP contribution in [0.2, 0.25) is 0 Å². The molecule has 0 saturated heterocycles. The number of alkyl halides is 3. The van der Waals surface area contributed by atoms with Gasteiger partial charge in [0, 0.05) is 22.9 Å². The van der Waals surface area contributed by atoms with Gasteiger partial charge in [0.25, 0.3) is 5.91 Å². The number of carbonyl (C=O) groups excluding carboxylic acids is 2. The zero-order valence-electron chi connectivity index (χ0n) is 19.8. The van der Waals surface area contributed by atoms with E-state index in [4.69, 9.17) is 0 Å². The number of hydrogen-bond donors (Lipinski definition) is 3. The molecule has 0 radical (unpaired) electrons. The van der Waals surface area contributed by atoms with Gasteiger partial charge in [-0.1, -0.05) is 12.1 Å². The third-order valence-electron chi connectivity index (χ3n) is 6.53. The molecule has 0 atom stereocenters.